The first kappa shape index (κ1) is 12.8. The predicted octanol–water partition coefficient (Wildman–Crippen LogP) is 2.48. The molecule has 1 unspecified atom stereocenters. The molecular weight excluding hydrogens is 178 g/mol. The van der Waals surface area contributed by atoms with Crippen LogP contribution < -0.4 is 0 Å². The van der Waals surface area contributed by atoms with Crippen LogP contribution >= 0.6 is 0 Å². The fraction of sp³-hybridized carbons (Fsp3) is 0.900. The van der Waals surface area contributed by atoms with Gasteiger partial charge in [-0.1, -0.05) is 19.6 Å². The van der Waals surface area contributed by atoms with Crippen LogP contribution in [0.25, 0.3) is 0 Å². The van der Waals surface area contributed by atoms with Crippen LogP contribution in [0, 0.1) is 0 Å². The first-order chi connectivity index (χ1) is 5.59. The molecule has 0 aliphatic carbocycles. The van der Waals surface area contributed by atoms with Crippen LogP contribution in [-0.4, -0.2) is 30.2 Å². The second-order valence-electron chi connectivity index (χ2n) is 5.13. The van der Waals surface area contributed by atoms with Crippen LogP contribution in [0.15, 0.2) is 4.99 Å². The number of hydrogen-bond acceptors (Lipinski definition) is 2. The van der Waals surface area contributed by atoms with Crippen molar-refractivity contribution >= 4 is 13.8 Å². The van der Waals surface area contributed by atoms with E-state index in [0.717, 1.165) is 5.71 Å². The minimum Gasteiger partial charge on any atom is -0.388 e. The maximum Gasteiger partial charge on any atom is 0.0889 e. The number of nitrogens with zero attached hydrogens (tertiary/aromatic N) is 1. The summed E-state index contributed by atoms with van der Waals surface area (Å²) in [6.45, 7) is 14.4. The topological polar surface area (TPSA) is 32.6 Å². The molecule has 0 amide bonds. The molecule has 0 aromatic rings. The summed E-state index contributed by atoms with van der Waals surface area (Å²) >= 11 is 0. The van der Waals surface area contributed by atoms with Gasteiger partial charge in [-0.15, -0.1) is 0 Å². The van der Waals surface area contributed by atoms with Gasteiger partial charge in [0.05, 0.1) is 13.3 Å². The van der Waals surface area contributed by atoms with Crippen LogP contribution in [-0.2, 0) is 0 Å². The molecule has 0 rings (SSSR count). The first-order valence-electron chi connectivity index (χ1n) is 4.86. The third-order valence-corrected chi connectivity index (χ3v) is 5.90. The van der Waals surface area contributed by atoms with Crippen molar-refractivity contribution < 1.29 is 5.11 Å². The second kappa shape index (κ2) is 3.92. The summed E-state index contributed by atoms with van der Waals surface area (Å²) in [5.74, 6) is 0. The van der Waals surface area contributed by atoms with E-state index in [2.05, 4.69) is 24.6 Å². The summed E-state index contributed by atoms with van der Waals surface area (Å²) in [5, 5.41) is 9.62. The maximum atomic E-state index is 10.3. The summed E-state index contributed by atoms with van der Waals surface area (Å²) in [6, 6.07) is 0.267. The minimum atomic E-state index is -1.59. The van der Waals surface area contributed by atoms with Crippen molar-refractivity contribution in [3.8, 4) is 0 Å². The van der Waals surface area contributed by atoms with Crippen molar-refractivity contribution in [1.82, 2.24) is 0 Å². The highest BCUT2D eigenvalue weighted by Crippen LogP contribution is 2.22. The van der Waals surface area contributed by atoms with Gasteiger partial charge < -0.3 is 5.11 Å². The summed E-state index contributed by atoms with van der Waals surface area (Å²) in [4.78, 5) is 4.42. The fourth-order valence-corrected chi connectivity index (χ4v) is 2.21. The van der Waals surface area contributed by atoms with E-state index in [1.54, 1.807) is 0 Å². The van der Waals surface area contributed by atoms with Crippen molar-refractivity contribution in [3.05, 3.63) is 0 Å². The monoisotopic (exact) mass is 201 g/mol. The van der Waals surface area contributed by atoms with Gasteiger partial charge in [0.25, 0.3) is 0 Å². The van der Waals surface area contributed by atoms with Crippen LogP contribution in [0.2, 0.25) is 19.6 Å². The molecule has 2 nitrogen and oxygen atoms in total. The van der Waals surface area contributed by atoms with E-state index in [0.29, 0.717) is 0 Å². The van der Waals surface area contributed by atoms with E-state index in [1.165, 1.54) is 0 Å². The van der Waals surface area contributed by atoms with Crippen LogP contribution in [0.4, 0.5) is 0 Å². The van der Waals surface area contributed by atoms with Crippen molar-refractivity contribution in [1.29, 1.82) is 0 Å². The molecule has 0 aromatic heterocycles. The lowest BCUT2D eigenvalue weighted by atomic mass is 10.2. The molecule has 0 bridgehead atoms. The van der Waals surface area contributed by atoms with Gasteiger partial charge in [-0.3, -0.25) is 4.99 Å². The molecule has 0 saturated carbocycles. The molecule has 3 heteroatoms. The Hall–Kier alpha value is -0.153. The zero-order valence-electron chi connectivity index (χ0n) is 9.97. The molecule has 0 aromatic carbocycles. The second-order valence-corrected chi connectivity index (χ2v) is 10.6. The van der Waals surface area contributed by atoms with Gasteiger partial charge in [0, 0.05) is 11.8 Å². The minimum absolute atomic E-state index is 0.267. The smallest absolute Gasteiger partial charge is 0.0889 e. The van der Waals surface area contributed by atoms with E-state index in [-0.39, 0.29) is 6.04 Å². The van der Waals surface area contributed by atoms with E-state index >= 15 is 0 Å². The standard InChI is InChI=1S/C10H23NOSi/c1-8(2)11-9(3)10(4,12)13(5,6)7/h8,12H,1-7H3. The Labute approximate surface area is 83.1 Å². The third kappa shape index (κ3) is 3.23. The Balaban J connectivity index is 4.85. The molecule has 0 heterocycles. The highest BCUT2D eigenvalue weighted by Gasteiger charge is 2.39. The number of hydrogen-bond donors (Lipinski definition) is 1. The molecule has 0 aliphatic rings. The van der Waals surface area contributed by atoms with Gasteiger partial charge in [0.2, 0.25) is 0 Å². The highest BCUT2D eigenvalue weighted by atomic mass is 28.3. The van der Waals surface area contributed by atoms with Crippen molar-refractivity contribution in [2.75, 3.05) is 0 Å². The Morgan fingerprint density at radius 2 is 1.69 bits per heavy atom. The average molecular weight is 201 g/mol. The number of aliphatic imine (C=N–C) groups is 1. The zero-order valence-corrected chi connectivity index (χ0v) is 11.0. The molecule has 0 radical (unpaired) electrons. The normalized spacial score (nSPS) is 19.0. The van der Waals surface area contributed by atoms with Gasteiger partial charge in [-0.05, 0) is 27.7 Å². The predicted molar refractivity (Wildman–Crippen MR) is 62.2 cm³/mol. The summed E-state index contributed by atoms with van der Waals surface area (Å²) in [7, 11) is -1.59. The fourth-order valence-electron chi connectivity index (χ4n) is 1.06. The highest BCUT2D eigenvalue weighted by molar-refractivity contribution is 6.82. The average Bonchev–Trinajstić information content (AvgIpc) is 1.82. The van der Waals surface area contributed by atoms with Crippen LogP contribution in [0.3, 0.4) is 0 Å². The van der Waals surface area contributed by atoms with Gasteiger partial charge >= 0.3 is 0 Å². The molecule has 1 N–H and O–H groups in total. The lowest BCUT2D eigenvalue weighted by molar-refractivity contribution is 0.205. The van der Waals surface area contributed by atoms with Gasteiger partial charge in [-0.2, -0.15) is 0 Å². The maximum absolute atomic E-state index is 10.3. The Morgan fingerprint density at radius 3 is 1.92 bits per heavy atom. The van der Waals surface area contributed by atoms with Gasteiger partial charge in [0.1, 0.15) is 0 Å². The number of rotatable bonds is 3. The van der Waals surface area contributed by atoms with E-state index in [9.17, 15) is 5.11 Å². The summed E-state index contributed by atoms with van der Waals surface area (Å²) in [5.41, 5.74) is 0.877. The Kier molecular flexibility index (Phi) is 3.88. The quantitative estimate of drug-likeness (QED) is 0.552. The van der Waals surface area contributed by atoms with Gasteiger partial charge in [-0.25, -0.2) is 0 Å². The summed E-state index contributed by atoms with van der Waals surface area (Å²) < 4.78 is 0. The van der Waals surface area contributed by atoms with Crippen molar-refractivity contribution in [3.63, 3.8) is 0 Å². The van der Waals surface area contributed by atoms with Crippen molar-refractivity contribution in [2.45, 2.75) is 58.6 Å². The van der Waals surface area contributed by atoms with Gasteiger partial charge in [0.15, 0.2) is 0 Å². The first-order valence-corrected chi connectivity index (χ1v) is 8.36. The SMILES string of the molecule is CC(=NC(C)C)C(C)(O)[Si](C)(C)C. The lowest BCUT2D eigenvalue weighted by Gasteiger charge is -2.35. The Bertz CT molecular complexity index is 201. The number of aliphatic hydroxyl groups is 1. The molecule has 0 fully saturated rings. The molecule has 1 atom stereocenters. The van der Waals surface area contributed by atoms with E-state index in [4.69, 9.17) is 0 Å². The molecule has 13 heavy (non-hydrogen) atoms. The van der Waals surface area contributed by atoms with E-state index in [1.807, 2.05) is 27.7 Å². The molecule has 0 spiro atoms. The van der Waals surface area contributed by atoms with Crippen molar-refractivity contribution in [2.24, 2.45) is 4.99 Å². The lowest BCUT2D eigenvalue weighted by Crippen LogP contribution is -2.55. The van der Waals surface area contributed by atoms with E-state index < -0.39 is 13.3 Å². The largest absolute Gasteiger partial charge is 0.388 e. The Morgan fingerprint density at radius 1 is 1.31 bits per heavy atom. The van der Waals surface area contributed by atoms with Crippen LogP contribution in [0.5, 0.6) is 0 Å². The van der Waals surface area contributed by atoms with Crippen LogP contribution in [0.1, 0.15) is 27.7 Å². The molecule has 78 valence electrons. The third-order valence-electron chi connectivity index (χ3n) is 2.62. The molecule has 0 saturated heterocycles. The summed E-state index contributed by atoms with van der Waals surface area (Å²) in [6.07, 6.45) is 0. The molecule has 0 aliphatic heterocycles. The zero-order chi connectivity index (χ0) is 10.9. The molecular formula is C10H23NOSi.